The molecule has 1 aromatic carbocycles. The van der Waals surface area contributed by atoms with Crippen LogP contribution in [-0.2, 0) is 4.79 Å². The van der Waals surface area contributed by atoms with Crippen molar-refractivity contribution in [1.82, 2.24) is 10.6 Å². The van der Waals surface area contributed by atoms with Crippen LogP contribution in [0.3, 0.4) is 0 Å². The molecular formula is C13H13ClN2O2. The van der Waals surface area contributed by atoms with Crippen molar-refractivity contribution in [2.24, 2.45) is 0 Å². The first-order chi connectivity index (χ1) is 8.56. The van der Waals surface area contributed by atoms with E-state index in [1.54, 1.807) is 24.3 Å². The third-order valence-corrected chi connectivity index (χ3v) is 2.88. The van der Waals surface area contributed by atoms with Gasteiger partial charge in [0.1, 0.15) is 5.70 Å². The van der Waals surface area contributed by atoms with Gasteiger partial charge in [-0.2, -0.15) is 0 Å². The van der Waals surface area contributed by atoms with Gasteiger partial charge in [0.25, 0.3) is 5.91 Å². The van der Waals surface area contributed by atoms with Crippen LogP contribution in [0.15, 0.2) is 36.0 Å². The van der Waals surface area contributed by atoms with Crippen molar-refractivity contribution in [2.45, 2.75) is 13.0 Å². The number of carbonyl (C=O) groups excluding carboxylic acids is 2. The number of amides is 1. The molecule has 1 amide bonds. The highest BCUT2D eigenvalue weighted by atomic mass is 35.5. The Morgan fingerprint density at radius 2 is 2.06 bits per heavy atom. The number of nitrogens with one attached hydrogen (secondary N) is 2. The summed E-state index contributed by atoms with van der Waals surface area (Å²) in [5, 5.41) is 6.26. The molecule has 1 aromatic rings. The lowest BCUT2D eigenvalue weighted by Crippen LogP contribution is -2.49. The first-order valence-corrected chi connectivity index (χ1v) is 6.00. The second kappa shape index (κ2) is 5.23. The summed E-state index contributed by atoms with van der Waals surface area (Å²) in [5.74, 6) is -0.477. The van der Waals surface area contributed by atoms with E-state index in [4.69, 9.17) is 11.6 Å². The van der Waals surface area contributed by atoms with E-state index in [1.165, 1.54) is 6.08 Å². The van der Waals surface area contributed by atoms with Gasteiger partial charge in [0, 0.05) is 29.2 Å². The van der Waals surface area contributed by atoms with E-state index < -0.39 is 0 Å². The fourth-order valence-corrected chi connectivity index (χ4v) is 1.77. The smallest absolute Gasteiger partial charge is 0.267 e. The molecule has 1 unspecified atom stereocenters. The zero-order valence-electron chi connectivity index (χ0n) is 9.87. The summed E-state index contributed by atoms with van der Waals surface area (Å²) < 4.78 is 0. The van der Waals surface area contributed by atoms with Gasteiger partial charge in [0.15, 0.2) is 5.78 Å². The van der Waals surface area contributed by atoms with Gasteiger partial charge < -0.3 is 10.6 Å². The molecule has 0 bridgehead atoms. The molecular weight excluding hydrogens is 252 g/mol. The quantitative estimate of drug-likeness (QED) is 0.629. The summed E-state index contributed by atoms with van der Waals surface area (Å²) in [5.41, 5.74) is 0.799. The monoisotopic (exact) mass is 264 g/mol. The van der Waals surface area contributed by atoms with Crippen molar-refractivity contribution in [3.63, 3.8) is 0 Å². The zero-order valence-corrected chi connectivity index (χ0v) is 10.6. The second-order valence-corrected chi connectivity index (χ2v) is 4.62. The molecule has 0 aliphatic carbocycles. The average molecular weight is 265 g/mol. The maximum Gasteiger partial charge on any atom is 0.267 e. The Kier molecular flexibility index (Phi) is 3.67. The van der Waals surface area contributed by atoms with Crippen molar-refractivity contribution in [1.29, 1.82) is 0 Å². The third-order valence-electron chi connectivity index (χ3n) is 2.62. The molecule has 0 radical (unpaired) electrons. The number of benzene rings is 1. The summed E-state index contributed by atoms with van der Waals surface area (Å²) in [6, 6.07) is 6.61. The number of carbonyl (C=O) groups is 2. The van der Waals surface area contributed by atoms with Crippen LogP contribution in [0.25, 0.3) is 0 Å². The van der Waals surface area contributed by atoms with Crippen LogP contribution in [-0.4, -0.2) is 24.3 Å². The molecule has 1 fully saturated rings. The van der Waals surface area contributed by atoms with Gasteiger partial charge >= 0.3 is 0 Å². The number of allylic oxidation sites excluding steroid dienone is 1. The van der Waals surface area contributed by atoms with Crippen molar-refractivity contribution < 1.29 is 9.59 Å². The maximum absolute atomic E-state index is 11.9. The highest BCUT2D eigenvalue weighted by Gasteiger charge is 2.19. The van der Waals surface area contributed by atoms with Crippen LogP contribution in [0.5, 0.6) is 0 Å². The Hall–Kier alpha value is -1.81. The number of halogens is 1. The summed E-state index contributed by atoms with van der Waals surface area (Å²) in [6.45, 7) is 2.51. The highest BCUT2D eigenvalue weighted by molar-refractivity contribution is 6.30. The molecule has 0 saturated carbocycles. The van der Waals surface area contributed by atoms with E-state index in [1.807, 2.05) is 6.92 Å². The summed E-state index contributed by atoms with van der Waals surface area (Å²) in [6.07, 6.45) is 1.31. The van der Waals surface area contributed by atoms with Crippen molar-refractivity contribution in [3.8, 4) is 0 Å². The topological polar surface area (TPSA) is 58.2 Å². The standard InChI is InChI=1S/C13H13ClN2O2/c1-8-7-15-11(13(18)16-8)6-12(17)9-2-4-10(14)5-3-9/h2-6,8,15H,7H2,1H3,(H,16,18)/b11-6-. The maximum atomic E-state index is 11.9. The Labute approximate surface area is 110 Å². The predicted octanol–water partition coefficient (Wildman–Crippen LogP) is 1.51. The minimum atomic E-state index is -0.254. The van der Waals surface area contributed by atoms with Gasteiger partial charge in [-0.25, -0.2) is 0 Å². The minimum Gasteiger partial charge on any atom is -0.378 e. The van der Waals surface area contributed by atoms with Gasteiger partial charge in [-0.3, -0.25) is 9.59 Å². The molecule has 1 aliphatic heterocycles. The fraction of sp³-hybridized carbons (Fsp3) is 0.231. The van der Waals surface area contributed by atoms with Crippen molar-refractivity contribution >= 4 is 23.3 Å². The van der Waals surface area contributed by atoms with Crippen molar-refractivity contribution in [2.75, 3.05) is 6.54 Å². The molecule has 18 heavy (non-hydrogen) atoms. The molecule has 94 valence electrons. The predicted molar refractivity (Wildman–Crippen MR) is 69.5 cm³/mol. The van der Waals surface area contributed by atoms with Crippen LogP contribution >= 0.6 is 11.6 Å². The van der Waals surface area contributed by atoms with E-state index >= 15 is 0 Å². The van der Waals surface area contributed by atoms with Gasteiger partial charge in [0.05, 0.1) is 0 Å². The second-order valence-electron chi connectivity index (χ2n) is 4.18. The Balaban J connectivity index is 2.15. The highest BCUT2D eigenvalue weighted by Crippen LogP contribution is 2.11. The zero-order chi connectivity index (χ0) is 13.1. The van der Waals surface area contributed by atoms with Crippen LogP contribution in [0.4, 0.5) is 0 Å². The molecule has 0 aromatic heterocycles. The Morgan fingerprint density at radius 3 is 2.67 bits per heavy atom. The van der Waals surface area contributed by atoms with Crippen LogP contribution in [0, 0.1) is 0 Å². The molecule has 4 nitrogen and oxygen atoms in total. The number of rotatable bonds is 2. The van der Waals surface area contributed by atoms with Gasteiger partial charge in [-0.05, 0) is 31.2 Å². The Bertz CT molecular complexity index is 508. The first kappa shape index (κ1) is 12.6. The molecule has 2 rings (SSSR count). The molecule has 1 aliphatic rings. The van der Waals surface area contributed by atoms with Gasteiger partial charge in [-0.1, -0.05) is 11.6 Å². The molecule has 2 N–H and O–H groups in total. The van der Waals surface area contributed by atoms with Crippen LogP contribution < -0.4 is 10.6 Å². The number of ketones is 1. The van der Waals surface area contributed by atoms with E-state index in [0.29, 0.717) is 22.8 Å². The number of piperazine rings is 1. The number of hydrogen-bond acceptors (Lipinski definition) is 3. The molecule has 1 atom stereocenters. The lowest BCUT2D eigenvalue weighted by Gasteiger charge is -2.23. The summed E-state index contributed by atoms with van der Waals surface area (Å²) in [7, 11) is 0. The van der Waals surface area contributed by atoms with Crippen molar-refractivity contribution in [3.05, 3.63) is 46.6 Å². The lowest BCUT2D eigenvalue weighted by atomic mass is 10.1. The van der Waals surface area contributed by atoms with Crippen LogP contribution in [0.2, 0.25) is 5.02 Å². The first-order valence-electron chi connectivity index (χ1n) is 5.62. The number of hydrogen-bond donors (Lipinski definition) is 2. The summed E-state index contributed by atoms with van der Waals surface area (Å²) >= 11 is 5.74. The molecule has 1 saturated heterocycles. The summed E-state index contributed by atoms with van der Waals surface area (Å²) in [4.78, 5) is 23.5. The van der Waals surface area contributed by atoms with E-state index in [0.717, 1.165) is 0 Å². The molecule has 0 spiro atoms. The SMILES string of the molecule is CC1CN/C(=C\C(=O)c2ccc(Cl)cc2)C(=O)N1. The Morgan fingerprint density at radius 1 is 1.39 bits per heavy atom. The van der Waals surface area contributed by atoms with Gasteiger partial charge in [0.2, 0.25) is 0 Å². The molecule has 5 heteroatoms. The van der Waals surface area contributed by atoms with Crippen LogP contribution in [0.1, 0.15) is 17.3 Å². The molecule has 1 heterocycles. The van der Waals surface area contributed by atoms with Gasteiger partial charge in [-0.15, -0.1) is 0 Å². The van der Waals surface area contributed by atoms with E-state index in [-0.39, 0.29) is 17.7 Å². The lowest BCUT2D eigenvalue weighted by molar-refractivity contribution is -0.119. The third kappa shape index (κ3) is 2.90. The minimum absolute atomic E-state index is 0.0697. The largest absolute Gasteiger partial charge is 0.378 e. The average Bonchev–Trinajstić information content (AvgIpc) is 2.33. The normalized spacial score (nSPS) is 21.3. The fourth-order valence-electron chi connectivity index (χ4n) is 1.64. The van der Waals surface area contributed by atoms with E-state index in [2.05, 4.69) is 10.6 Å². The van der Waals surface area contributed by atoms with E-state index in [9.17, 15) is 9.59 Å².